The van der Waals surface area contributed by atoms with Crippen LogP contribution in [0.2, 0.25) is 5.02 Å². The van der Waals surface area contributed by atoms with Crippen LogP contribution in [0.3, 0.4) is 0 Å². The minimum absolute atomic E-state index is 0.0887. The molecular formula is C18H16ClN3O3. The first-order chi connectivity index (χ1) is 12.1. The number of hydrogen-bond acceptors (Lipinski definition) is 5. The number of carbonyl (C=O) groups is 1. The van der Waals surface area contributed by atoms with Crippen molar-refractivity contribution in [1.29, 1.82) is 0 Å². The average Bonchev–Trinajstić information content (AvgIpc) is 3.08. The summed E-state index contributed by atoms with van der Waals surface area (Å²) in [7, 11) is 0. The molecule has 2 aromatic carbocycles. The number of carbonyl (C=O) groups excluding carboxylic acids is 1. The van der Waals surface area contributed by atoms with Gasteiger partial charge in [0, 0.05) is 0 Å². The minimum atomic E-state index is -0.280. The van der Waals surface area contributed by atoms with Gasteiger partial charge in [-0.1, -0.05) is 41.4 Å². The Labute approximate surface area is 149 Å². The quantitative estimate of drug-likeness (QED) is 0.731. The van der Waals surface area contributed by atoms with Crippen LogP contribution in [0.4, 0.5) is 0 Å². The fraction of sp³-hybridized carbons (Fsp3) is 0.167. The summed E-state index contributed by atoms with van der Waals surface area (Å²) in [5, 5.41) is 11.0. The van der Waals surface area contributed by atoms with Crippen molar-refractivity contribution in [3.05, 3.63) is 65.0 Å². The maximum Gasteiger partial charge on any atom is 0.258 e. The van der Waals surface area contributed by atoms with Crippen molar-refractivity contribution in [2.45, 2.75) is 13.5 Å². The van der Waals surface area contributed by atoms with Crippen LogP contribution in [0.1, 0.15) is 11.5 Å². The summed E-state index contributed by atoms with van der Waals surface area (Å²) >= 11 is 6.09. The first-order valence-electron chi connectivity index (χ1n) is 7.65. The number of halogens is 1. The van der Waals surface area contributed by atoms with Crippen molar-refractivity contribution >= 4 is 17.5 Å². The predicted octanol–water partition coefficient (Wildman–Crippen LogP) is 3.39. The van der Waals surface area contributed by atoms with Gasteiger partial charge in [-0.2, -0.15) is 0 Å². The van der Waals surface area contributed by atoms with Crippen LogP contribution in [0, 0.1) is 6.92 Å². The molecule has 25 heavy (non-hydrogen) atoms. The molecule has 7 heteroatoms. The van der Waals surface area contributed by atoms with Crippen LogP contribution in [-0.4, -0.2) is 22.7 Å². The third-order valence-electron chi connectivity index (χ3n) is 3.40. The van der Waals surface area contributed by atoms with E-state index in [-0.39, 0.29) is 19.1 Å². The Balaban J connectivity index is 1.51. The van der Waals surface area contributed by atoms with E-state index in [0.717, 1.165) is 5.56 Å². The van der Waals surface area contributed by atoms with Gasteiger partial charge in [0.25, 0.3) is 5.91 Å². The lowest BCUT2D eigenvalue weighted by molar-refractivity contribution is -0.123. The first kappa shape index (κ1) is 17.0. The maximum absolute atomic E-state index is 11.8. The van der Waals surface area contributed by atoms with Gasteiger partial charge in [0.15, 0.2) is 6.61 Å². The van der Waals surface area contributed by atoms with Gasteiger partial charge >= 0.3 is 0 Å². The zero-order valence-electron chi connectivity index (χ0n) is 13.5. The van der Waals surface area contributed by atoms with Crippen molar-refractivity contribution in [2.75, 3.05) is 6.61 Å². The van der Waals surface area contributed by atoms with E-state index in [4.69, 9.17) is 20.8 Å². The lowest BCUT2D eigenvalue weighted by Crippen LogP contribution is -2.28. The maximum atomic E-state index is 11.8. The molecule has 0 bridgehead atoms. The Morgan fingerprint density at radius 1 is 1.16 bits per heavy atom. The van der Waals surface area contributed by atoms with Crippen molar-refractivity contribution in [2.24, 2.45) is 0 Å². The second-order valence-corrected chi connectivity index (χ2v) is 5.77. The molecule has 1 aromatic heterocycles. The fourth-order valence-corrected chi connectivity index (χ4v) is 2.29. The van der Waals surface area contributed by atoms with Crippen molar-refractivity contribution in [3.63, 3.8) is 0 Å². The molecule has 0 aliphatic rings. The zero-order chi connectivity index (χ0) is 17.6. The Hall–Kier alpha value is -2.86. The minimum Gasteiger partial charge on any atom is -0.484 e. The van der Waals surface area contributed by atoms with Gasteiger partial charge in [-0.25, -0.2) is 0 Å². The molecule has 0 atom stereocenters. The van der Waals surface area contributed by atoms with Crippen molar-refractivity contribution < 1.29 is 13.9 Å². The van der Waals surface area contributed by atoms with Crippen LogP contribution >= 0.6 is 11.6 Å². The molecule has 0 spiro atoms. The molecule has 0 fully saturated rings. The average molecular weight is 358 g/mol. The number of benzene rings is 2. The van der Waals surface area contributed by atoms with Crippen LogP contribution < -0.4 is 10.1 Å². The van der Waals surface area contributed by atoms with E-state index in [1.54, 1.807) is 12.1 Å². The highest BCUT2D eigenvalue weighted by Crippen LogP contribution is 2.26. The van der Waals surface area contributed by atoms with Crippen LogP contribution in [-0.2, 0) is 11.3 Å². The van der Waals surface area contributed by atoms with Crippen LogP contribution in [0.15, 0.2) is 52.9 Å². The molecule has 1 N–H and O–H groups in total. The lowest BCUT2D eigenvalue weighted by Gasteiger charge is -2.06. The van der Waals surface area contributed by atoms with E-state index in [1.807, 2.05) is 43.3 Å². The lowest BCUT2D eigenvalue weighted by atomic mass is 10.2. The molecule has 3 rings (SSSR count). The van der Waals surface area contributed by atoms with Gasteiger partial charge in [0.2, 0.25) is 11.8 Å². The van der Waals surface area contributed by atoms with Gasteiger partial charge in [-0.3, -0.25) is 4.79 Å². The third-order valence-corrected chi connectivity index (χ3v) is 3.73. The second-order valence-electron chi connectivity index (χ2n) is 5.36. The summed E-state index contributed by atoms with van der Waals surface area (Å²) in [6.07, 6.45) is 0. The molecule has 0 aliphatic carbocycles. The number of nitrogens with one attached hydrogen (secondary N) is 1. The van der Waals surface area contributed by atoms with Gasteiger partial charge in [0.05, 0.1) is 17.1 Å². The molecule has 0 aliphatic heterocycles. The molecule has 6 nitrogen and oxygen atoms in total. The summed E-state index contributed by atoms with van der Waals surface area (Å²) in [5.74, 6) is 0.960. The number of nitrogens with zero attached hydrogens (tertiary/aromatic N) is 2. The molecule has 1 amide bonds. The topological polar surface area (TPSA) is 77.2 Å². The van der Waals surface area contributed by atoms with E-state index in [1.165, 1.54) is 0 Å². The Kier molecular flexibility index (Phi) is 5.30. The number of ether oxygens (including phenoxy) is 1. The van der Waals surface area contributed by atoms with E-state index in [9.17, 15) is 4.79 Å². The van der Waals surface area contributed by atoms with Gasteiger partial charge < -0.3 is 14.5 Å². The Morgan fingerprint density at radius 3 is 2.68 bits per heavy atom. The van der Waals surface area contributed by atoms with E-state index >= 15 is 0 Å². The standard InChI is InChI=1S/C18H16ClN3O3/c1-12-6-8-13(9-7-12)24-11-16(23)20-10-17-21-22-18(25-17)14-4-2-3-5-15(14)19/h2-9H,10-11H2,1H3,(H,20,23). The monoisotopic (exact) mass is 357 g/mol. The highest BCUT2D eigenvalue weighted by Gasteiger charge is 2.12. The third kappa shape index (κ3) is 4.58. The zero-order valence-corrected chi connectivity index (χ0v) is 14.3. The number of aromatic nitrogens is 2. The van der Waals surface area contributed by atoms with Crippen LogP contribution in [0.25, 0.3) is 11.5 Å². The molecular weight excluding hydrogens is 342 g/mol. The van der Waals surface area contributed by atoms with Gasteiger partial charge in [-0.05, 0) is 31.2 Å². The summed E-state index contributed by atoms with van der Waals surface area (Å²) in [5.41, 5.74) is 1.78. The second kappa shape index (κ2) is 7.81. The van der Waals surface area contributed by atoms with Crippen molar-refractivity contribution in [3.8, 4) is 17.2 Å². The molecule has 0 saturated heterocycles. The predicted molar refractivity (Wildman–Crippen MR) is 93.3 cm³/mol. The van der Waals surface area contributed by atoms with Gasteiger partial charge in [0.1, 0.15) is 5.75 Å². The highest BCUT2D eigenvalue weighted by atomic mass is 35.5. The summed E-state index contributed by atoms with van der Waals surface area (Å²) in [6.45, 7) is 2.01. The number of aryl methyl sites for hydroxylation is 1. The Bertz CT molecular complexity index is 862. The SMILES string of the molecule is Cc1ccc(OCC(=O)NCc2nnc(-c3ccccc3Cl)o2)cc1. The Morgan fingerprint density at radius 2 is 1.92 bits per heavy atom. The fourth-order valence-electron chi connectivity index (χ4n) is 2.08. The van der Waals surface area contributed by atoms with E-state index in [2.05, 4.69) is 15.5 Å². The summed E-state index contributed by atoms with van der Waals surface area (Å²) in [6, 6.07) is 14.6. The van der Waals surface area contributed by atoms with E-state index < -0.39 is 0 Å². The number of amides is 1. The molecule has 0 radical (unpaired) electrons. The smallest absolute Gasteiger partial charge is 0.258 e. The van der Waals surface area contributed by atoms with Crippen molar-refractivity contribution in [1.82, 2.24) is 15.5 Å². The first-order valence-corrected chi connectivity index (χ1v) is 8.03. The highest BCUT2D eigenvalue weighted by molar-refractivity contribution is 6.33. The van der Waals surface area contributed by atoms with E-state index in [0.29, 0.717) is 28.1 Å². The largest absolute Gasteiger partial charge is 0.484 e. The number of hydrogen-bond donors (Lipinski definition) is 1. The molecule has 0 saturated carbocycles. The van der Waals surface area contributed by atoms with Gasteiger partial charge in [-0.15, -0.1) is 10.2 Å². The normalized spacial score (nSPS) is 10.5. The molecule has 0 unspecified atom stereocenters. The number of rotatable bonds is 6. The summed E-state index contributed by atoms with van der Waals surface area (Å²) < 4.78 is 10.9. The molecule has 3 aromatic rings. The molecule has 128 valence electrons. The summed E-state index contributed by atoms with van der Waals surface area (Å²) in [4.78, 5) is 11.8. The van der Waals surface area contributed by atoms with Crippen LogP contribution in [0.5, 0.6) is 5.75 Å². The molecule has 1 heterocycles.